The summed E-state index contributed by atoms with van der Waals surface area (Å²) in [5, 5.41) is 9.10. The van der Waals surface area contributed by atoms with E-state index in [0.29, 0.717) is 30.3 Å². The van der Waals surface area contributed by atoms with Crippen molar-refractivity contribution in [1.82, 2.24) is 29.4 Å². The number of nitrogens with zero attached hydrogens (tertiary/aromatic N) is 5. The van der Waals surface area contributed by atoms with Crippen LogP contribution in [0.25, 0.3) is 11.2 Å². The maximum absolute atomic E-state index is 12.6. The molecule has 3 aromatic heterocycles. The Labute approximate surface area is 214 Å². The second kappa shape index (κ2) is 12.5. The van der Waals surface area contributed by atoms with Gasteiger partial charge in [-0.15, -0.1) is 0 Å². The fourth-order valence-electron chi connectivity index (χ4n) is 4.34. The average Bonchev–Trinajstić information content (AvgIpc) is 3.20. The summed E-state index contributed by atoms with van der Waals surface area (Å²) in [5.41, 5.74) is 7.26. The van der Waals surface area contributed by atoms with Gasteiger partial charge in [-0.1, -0.05) is 19.4 Å². The van der Waals surface area contributed by atoms with Gasteiger partial charge >= 0.3 is 17.7 Å². The minimum absolute atomic E-state index is 0.151. The van der Waals surface area contributed by atoms with Crippen LogP contribution >= 0.6 is 0 Å². The van der Waals surface area contributed by atoms with Crippen LogP contribution in [0.1, 0.15) is 51.0 Å². The number of rotatable bonds is 13. The zero-order chi connectivity index (χ0) is 26.2. The van der Waals surface area contributed by atoms with Crippen LogP contribution in [0.3, 0.4) is 0 Å². The van der Waals surface area contributed by atoms with Crippen molar-refractivity contribution in [1.29, 1.82) is 0 Å². The second-order valence-electron chi connectivity index (χ2n) is 9.32. The van der Waals surface area contributed by atoms with Gasteiger partial charge in [0.1, 0.15) is 5.52 Å². The van der Waals surface area contributed by atoms with Crippen LogP contribution in [0.4, 0.5) is 5.82 Å². The predicted octanol–water partition coefficient (Wildman–Crippen LogP) is 2.28. The van der Waals surface area contributed by atoms with Gasteiger partial charge in [0.05, 0.1) is 25.7 Å². The summed E-state index contributed by atoms with van der Waals surface area (Å²) < 4.78 is 12.8. The number of hydrogen-bond donors (Lipinski definition) is 3. The number of ether oxygens (including phenoxy) is 2. The molecule has 37 heavy (non-hydrogen) atoms. The highest BCUT2D eigenvalue weighted by atomic mass is 16.5. The minimum Gasteiger partial charge on any atom is -0.481 e. The highest BCUT2D eigenvalue weighted by molar-refractivity contribution is 5.81. The van der Waals surface area contributed by atoms with Gasteiger partial charge in [0.15, 0.2) is 11.5 Å². The molecule has 4 heterocycles. The third kappa shape index (κ3) is 6.97. The lowest BCUT2D eigenvalue weighted by Gasteiger charge is -2.29. The molecule has 0 bridgehead atoms. The van der Waals surface area contributed by atoms with Crippen LogP contribution in [0.2, 0.25) is 0 Å². The first kappa shape index (κ1) is 26.4. The number of nitrogen functional groups attached to an aromatic ring is 1. The topological polar surface area (TPSA) is 161 Å². The summed E-state index contributed by atoms with van der Waals surface area (Å²) in [4.78, 5) is 41.5. The number of anilines is 1. The number of nitrogens with two attached hydrogens (primary N) is 1. The molecule has 4 rings (SSSR count). The SMILES string of the molecule is CCCCOc1nc(N)c2[nH]c(=O)n(Cc3ccc(OCCCCN4CCC(C(=O)O)CC4)nc3)c2n1. The molecular formula is C25H35N7O5. The molecule has 0 amide bonds. The number of aromatic amines is 1. The quantitative estimate of drug-likeness (QED) is 0.289. The summed E-state index contributed by atoms with van der Waals surface area (Å²) in [6, 6.07) is 3.80. The van der Waals surface area contributed by atoms with E-state index < -0.39 is 5.97 Å². The number of piperidine rings is 1. The number of aromatic nitrogens is 5. The second-order valence-corrected chi connectivity index (χ2v) is 9.32. The number of carboxylic acid groups (broad SMARTS) is 1. The third-order valence-corrected chi connectivity index (χ3v) is 6.55. The molecule has 1 aliphatic rings. The molecule has 1 fully saturated rings. The van der Waals surface area contributed by atoms with Gasteiger partial charge in [-0.2, -0.15) is 9.97 Å². The Morgan fingerprint density at radius 1 is 1.16 bits per heavy atom. The van der Waals surface area contributed by atoms with E-state index >= 15 is 0 Å². The molecule has 1 aliphatic heterocycles. The summed E-state index contributed by atoms with van der Waals surface area (Å²) in [5.74, 6) is -0.189. The molecular weight excluding hydrogens is 478 g/mol. The predicted molar refractivity (Wildman–Crippen MR) is 138 cm³/mol. The van der Waals surface area contributed by atoms with Crippen LogP contribution in [0.15, 0.2) is 23.1 Å². The normalized spacial score (nSPS) is 14.7. The lowest BCUT2D eigenvalue weighted by Crippen LogP contribution is -2.36. The van der Waals surface area contributed by atoms with Gasteiger partial charge in [-0.05, 0) is 57.3 Å². The van der Waals surface area contributed by atoms with Crippen LogP contribution in [0.5, 0.6) is 11.9 Å². The maximum atomic E-state index is 12.6. The van der Waals surface area contributed by atoms with E-state index in [2.05, 4.69) is 31.8 Å². The molecule has 0 unspecified atom stereocenters. The molecule has 4 N–H and O–H groups in total. The van der Waals surface area contributed by atoms with Gasteiger partial charge < -0.3 is 30.2 Å². The Morgan fingerprint density at radius 2 is 1.95 bits per heavy atom. The van der Waals surface area contributed by atoms with E-state index in [1.165, 1.54) is 4.57 Å². The van der Waals surface area contributed by atoms with Crippen molar-refractivity contribution in [2.24, 2.45) is 5.92 Å². The number of carboxylic acids is 1. The van der Waals surface area contributed by atoms with Crippen molar-refractivity contribution in [3.63, 3.8) is 0 Å². The summed E-state index contributed by atoms with van der Waals surface area (Å²) >= 11 is 0. The van der Waals surface area contributed by atoms with Crippen molar-refractivity contribution in [2.75, 3.05) is 38.6 Å². The van der Waals surface area contributed by atoms with E-state index in [1.54, 1.807) is 12.3 Å². The number of fused-ring (bicyclic) bond motifs is 1. The Bertz CT molecular complexity index is 1230. The first-order valence-electron chi connectivity index (χ1n) is 12.9. The fraction of sp³-hybridized carbons (Fsp3) is 0.560. The molecule has 0 spiro atoms. The summed E-state index contributed by atoms with van der Waals surface area (Å²) in [7, 11) is 0. The van der Waals surface area contributed by atoms with Crippen LogP contribution in [0, 0.1) is 5.92 Å². The zero-order valence-electron chi connectivity index (χ0n) is 21.2. The van der Waals surface area contributed by atoms with E-state index in [4.69, 9.17) is 20.3 Å². The van der Waals surface area contributed by atoms with Gasteiger partial charge in [-0.25, -0.2) is 9.78 Å². The van der Waals surface area contributed by atoms with E-state index in [-0.39, 0.29) is 30.0 Å². The number of likely N-dealkylation sites (tertiary alicyclic amines) is 1. The smallest absolute Gasteiger partial charge is 0.328 e. The number of unbranched alkanes of at least 4 members (excludes halogenated alkanes) is 2. The lowest BCUT2D eigenvalue weighted by molar-refractivity contribution is -0.143. The molecule has 0 aliphatic carbocycles. The molecule has 0 radical (unpaired) electrons. The first-order chi connectivity index (χ1) is 17.9. The maximum Gasteiger partial charge on any atom is 0.328 e. The number of carbonyl (C=O) groups is 1. The minimum atomic E-state index is -0.680. The largest absolute Gasteiger partial charge is 0.481 e. The Morgan fingerprint density at radius 3 is 2.65 bits per heavy atom. The van der Waals surface area contributed by atoms with Gasteiger partial charge in [0.25, 0.3) is 0 Å². The number of nitrogens with one attached hydrogen (secondary N) is 1. The van der Waals surface area contributed by atoms with Crippen LogP contribution in [-0.4, -0.2) is 73.3 Å². The standard InChI is InChI=1S/C25H35N7O5/c1-2-3-13-37-24-29-21(26)20-22(30-24)32(25(35)28-20)16-17-6-7-19(27-15-17)36-14-5-4-10-31-11-8-18(9-12-31)23(33)34/h6-7,15,18H,2-5,8-14,16H2,1H3,(H,28,35)(H,33,34)(H2,26,29,30). The molecule has 1 saturated heterocycles. The van der Waals surface area contributed by atoms with Gasteiger partial charge in [-0.3, -0.25) is 9.36 Å². The number of hydrogen-bond acceptors (Lipinski definition) is 9. The van der Waals surface area contributed by atoms with Crippen LogP contribution in [-0.2, 0) is 11.3 Å². The zero-order valence-corrected chi connectivity index (χ0v) is 21.2. The highest BCUT2D eigenvalue weighted by Crippen LogP contribution is 2.20. The summed E-state index contributed by atoms with van der Waals surface area (Å²) in [6.07, 6.45) is 6.84. The molecule has 200 valence electrons. The number of aliphatic carboxylic acids is 1. The fourth-order valence-corrected chi connectivity index (χ4v) is 4.34. The van der Waals surface area contributed by atoms with Crippen molar-refractivity contribution in [3.05, 3.63) is 34.4 Å². The summed E-state index contributed by atoms with van der Waals surface area (Å²) in [6.45, 7) is 5.98. The molecule has 0 atom stereocenters. The van der Waals surface area contributed by atoms with Crippen molar-refractivity contribution >= 4 is 23.0 Å². The van der Waals surface area contributed by atoms with Crippen molar-refractivity contribution in [3.8, 4) is 11.9 Å². The molecule has 3 aromatic rings. The van der Waals surface area contributed by atoms with E-state index in [1.807, 2.05) is 6.07 Å². The number of imidazole rings is 1. The van der Waals surface area contributed by atoms with Gasteiger partial charge in [0, 0.05) is 12.3 Å². The molecule has 12 heteroatoms. The molecule has 12 nitrogen and oxygen atoms in total. The van der Waals surface area contributed by atoms with Gasteiger partial charge in [0.2, 0.25) is 5.88 Å². The lowest BCUT2D eigenvalue weighted by atomic mass is 9.97. The van der Waals surface area contributed by atoms with Crippen molar-refractivity contribution in [2.45, 2.75) is 52.0 Å². The third-order valence-electron chi connectivity index (χ3n) is 6.55. The van der Waals surface area contributed by atoms with E-state index in [0.717, 1.165) is 63.7 Å². The number of pyridine rings is 1. The Hall–Kier alpha value is -3.67. The monoisotopic (exact) mass is 513 g/mol. The van der Waals surface area contributed by atoms with Crippen molar-refractivity contribution < 1.29 is 19.4 Å². The Kier molecular flexibility index (Phi) is 8.94. The first-order valence-corrected chi connectivity index (χ1v) is 12.9. The number of H-pyrrole nitrogens is 1. The van der Waals surface area contributed by atoms with E-state index in [9.17, 15) is 9.59 Å². The molecule has 0 aromatic carbocycles. The average molecular weight is 514 g/mol. The van der Waals surface area contributed by atoms with Crippen LogP contribution < -0.4 is 20.9 Å². The Balaban J connectivity index is 1.26. The highest BCUT2D eigenvalue weighted by Gasteiger charge is 2.23. The molecule has 0 saturated carbocycles.